The summed E-state index contributed by atoms with van der Waals surface area (Å²) < 4.78 is 2.11. The predicted octanol–water partition coefficient (Wildman–Crippen LogP) is 1.66. The van der Waals surface area contributed by atoms with Gasteiger partial charge in [0.2, 0.25) is 0 Å². The van der Waals surface area contributed by atoms with Gasteiger partial charge in [-0.2, -0.15) is 0 Å². The van der Waals surface area contributed by atoms with Gasteiger partial charge in [0.25, 0.3) is 0 Å². The molecule has 0 atom stereocenters. The van der Waals surface area contributed by atoms with E-state index in [9.17, 15) is 0 Å². The van der Waals surface area contributed by atoms with E-state index >= 15 is 0 Å². The summed E-state index contributed by atoms with van der Waals surface area (Å²) in [5.74, 6) is 0. The third-order valence-corrected chi connectivity index (χ3v) is 2.20. The van der Waals surface area contributed by atoms with E-state index in [2.05, 4.69) is 18.3 Å². The molecule has 0 aromatic heterocycles. The molecule has 1 aliphatic rings. The maximum absolute atomic E-state index is 3.90. The quantitative estimate of drug-likeness (QED) is 0.371. The summed E-state index contributed by atoms with van der Waals surface area (Å²) in [6.07, 6.45) is 6.97. The lowest BCUT2D eigenvalue weighted by atomic mass is 9.95. The van der Waals surface area contributed by atoms with Gasteiger partial charge in [-0.25, -0.2) is 4.58 Å². The summed E-state index contributed by atoms with van der Waals surface area (Å²) >= 11 is 0. The molecule has 0 N–H and O–H groups in total. The number of nitrogens with zero attached hydrogens (tertiary/aromatic N) is 1. The van der Waals surface area contributed by atoms with Gasteiger partial charge in [0.1, 0.15) is 13.8 Å². The van der Waals surface area contributed by atoms with Crippen molar-refractivity contribution in [2.75, 3.05) is 7.05 Å². The van der Waals surface area contributed by atoms with Gasteiger partial charge in [-0.05, 0) is 12.8 Å². The Labute approximate surface area is 57.4 Å². The number of hydrogen-bond acceptors (Lipinski definition) is 0. The van der Waals surface area contributed by atoms with Crippen molar-refractivity contribution in [1.29, 1.82) is 0 Å². The van der Waals surface area contributed by atoms with E-state index < -0.39 is 0 Å². The molecule has 0 aliphatic heterocycles. The van der Waals surface area contributed by atoms with Crippen LogP contribution in [0.5, 0.6) is 0 Å². The van der Waals surface area contributed by atoms with E-state index in [1.165, 1.54) is 32.1 Å². The molecule has 0 aromatic rings. The van der Waals surface area contributed by atoms with Crippen molar-refractivity contribution in [3.8, 4) is 0 Å². The Hall–Kier alpha value is -0.330. The zero-order chi connectivity index (χ0) is 6.69. The molecule has 52 valence electrons. The first kappa shape index (κ1) is 6.79. The Kier molecular flexibility index (Phi) is 2.26. The molecule has 0 unspecified atom stereocenters. The van der Waals surface area contributed by atoms with Crippen LogP contribution in [0.3, 0.4) is 0 Å². The van der Waals surface area contributed by atoms with Crippen LogP contribution in [0.25, 0.3) is 0 Å². The third-order valence-electron chi connectivity index (χ3n) is 2.20. The molecule has 0 aromatic carbocycles. The summed E-state index contributed by atoms with van der Waals surface area (Å²) in [6.45, 7) is 3.90. The van der Waals surface area contributed by atoms with Crippen molar-refractivity contribution < 1.29 is 4.58 Å². The molecule has 0 amide bonds. The summed E-state index contributed by atoms with van der Waals surface area (Å²) in [6, 6.07) is 0.777. The summed E-state index contributed by atoms with van der Waals surface area (Å²) in [5.41, 5.74) is 0. The van der Waals surface area contributed by atoms with E-state index in [1.54, 1.807) is 0 Å². The van der Waals surface area contributed by atoms with Crippen molar-refractivity contribution in [2.24, 2.45) is 0 Å². The Bertz CT molecular complexity index is 101. The third kappa shape index (κ3) is 1.81. The standard InChI is InChI=1S/C8H16N/c1-9(2)8-6-4-3-5-7-8/h8H,1,3-7H2,2H3/q+1. The predicted molar refractivity (Wildman–Crippen MR) is 40.2 cm³/mol. The Morgan fingerprint density at radius 1 is 1.22 bits per heavy atom. The van der Waals surface area contributed by atoms with E-state index in [4.69, 9.17) is 0 Å². The van der Waals surface area contributed by atoms with Crippen LogP contribution < -0.4 is 0 Å². The molecule has 1 aliphatic carbocycles. The van der Waals surface area contributed by atoms with Crippen LogP contribution in [0.4, 0.5) is 0 Å². The summed E-state index contributed by atoms with van der Waals surface area (Å²) in [5, 5.41) is 0. The summed E-state index contributed by atoms with van der Waals surface area (Å²) in [7, 11) is 2.08. The largest absolute Gasteiger partial charge is 0.242 e. The first-order valence-corrected chi connectivity index (χ1v) is 3.84. The fourth-order valence-electron chi connectivity index (χ4n) is 1.52. The number of hydrogen-bond donors (Lipinski definition) is 0. The molecule has 1 heteroatoms. The highest BCUT2D eigenvalue weighted by molar-refractivity contribution is 5.14. The molecular weight excluding hydrogens is 110 g/mol. The normalized spacial score (nSPS) is 21.9. The van der Waals surface area contributed by atoms with Gasteiger partial charge in [0.05, 0.1) is 0 Å². The van der Waals surface area contributed by atoms with Crippen molar-refractivity contribution >= 4 is 6.72 Å². The lowest BCUT2D eigenvalue weighted by molar-refractivity contribution is -0.533. The van der Waals surface area contributed by atoms with Gasteiger partial charge < -0.3 is 0 Å². The SMILES string of the molecule is C=[N+](C)C1CCCCC1. The zero-order valence-corrected chi connectivity index (χ0v) is 6.27. The highest BCUT2D eigenvalue weighted by atomic mass is 15.0. The topological polar surface area (TPSA) is 3.01 Å². The minimum atomic E-state index is 0.777. The van der Waals surface area contributed by atoms with Gasteiger partial charge in [-0.15, -0.1) is 0 Å². The molecule has 1 rings (SSSR count). The van der Waals surface area contributed by atoms with Gasteiger partial charge in [0, 0.05) is 12.8 Å². The first-order valence-electron chi connectivity index (χ1n) is 3.84. The lowest BCUT2D eigenvalue weighted by Gasteiger charge is -2.16. The van der Waals surface area contributed by atoms with Crippen LogP contribution in [-0.2, 0) is 0 Å². The minimum absolute atomic E-state index is 0.777. The van der Waals surface area contributed by atoms with E-state index in [-0.39, 0.29) is 0 Å². The molecule has 0 saturated heterocycles. The van der Waals surface area contributed by atoms with Gasteiger partial charge in [-0.3, -0.25) is 0 Å². The molecule has 0 heterocycles. The fraction of sp³-hybridized carbons (Fsp3) is 0.875. The highest BCUT2D eigenvalue weighted by Gasteiger charge is 2.18. The smallest absolute Gasteiger partial charge is 0.151 e. The van der Waals surface area contributed by atoms with Gasteiger partial charge >= 0.3 is 0 Å². The average molecular weight is 126 g/mol. The molecule has 0 bridgehead atoms. The highest BCUT2D eigenvalue weighted by Crippen LogP contribution is 2.18. The van der Waals surface area contributed by atoms with E-state index in [0.29, 0.717) is 0 Å². The molecule has 1 saturated carbocycles. The van der Waals surface area contributed by atoms with Crippen LogP contribution >= 0.6 is 0 Å². The number of rotatable bonds is 1. The van der Waals surface area contributed by atoms with Crippen molar-refractivity contribution in [2.45, 2.75) is 38.1 Å². The van der Waals surface area contributed by atoms with E-state index in [1.807, 2.05) is 0 Å². The molecule has 9 heavy (non-hydrogen) atoms. The molecular formula is C8H16N+. The molecule has 0 radical (unpaired) electrons. The second-order valence-corrected chi connectivity index (χ2v) is 3.05. The van der Waals surface area contributed by atoms with Crippen LogP contribution in [0.15, 0.2) is 0 Å². The fourth-order valence-corrected chi connectivity index (χ4v) is 1.52. The average Bonchev–Trinajstić information content (AvgIpc) is 1.90. The maximum atomic E-state index is 3.90. The lowest BCUT2D eigenvalue weighted by Crippen LogP contribution is -2.23. The van der Waals surface area contributed by atoms with Crippen LogP contribution in [0.1, 0.15) is 32.1 Å². The molecule has 1 fully saturated rings. The monoisotopic (exact) mass is 126 g/mol. The Morgan fingerprint density at radius 3 is 2.11 bits per heavy atom. The summed E-state index contributed by atoms with van der Waals surface area (Å²) in [4.78, 5) is 0. The van der Waals surface area contributed by atoms with Crippen LogP contribution in [0, 0.1) is 0 Å². The van der Waals surface area contributed by atoms with Gasteiger partial charge in [0.15, 0.2) is 6.04 Å². The second kappa shape index (κ2) is 3.00. The van der Waals surface area contributed by atoms with Crippen LogP contribution in [-0.4, -0.2) is 24.4 Å². The van der Waals surface area contributed by atoms with E-state index in [0.717, 1.165) is 6.04 Å². The Balaban J connectivity index is 2.31. The van der Waals surface area contributed by atoms with Crippen molar-refractivity contribution in [3.05, 3.63) is 0 Å². The van der Waals surface area contributed by atoms with Crippen LogP contribution in [0.2, 0.25) is 0 Å². The second-order valence-electron chi connectivity index (χ2n) is 3.05. The molecule has 1 nitrogen and oxygen atoms in total. The molecule has 0 spiro atoms. The zero-order valence-electron chi connectivity index (χ0n) is 6.27. The first-order chi connectivity index (χ1) is 4.30. The maximum Gasteiger partial charge on any atom is 0.151 e. The minimum Gasteiger partial charge on any atom is -0.242 e. The van der Waals surface area contributed by atoms with Crippen molar-refractivity contribution in [1.82, 2.24) is 0 Å². The Morgan fingerprint density at radius 2 is 1.78 bits per heavy atom. The van der Waals surface area contributed by atoms with Crippen molar-refractivity contribution in [3.63, 3.8) is 0 Å². The van der Waals surface area contributed by atoms with Gasteiger partial charge in [-0.1, -0.05) is 6.42 Å².